The fourth-order valence-corrected chi connectivity index (χ4v) is 2.20. The second-order valence-electron chi connectivity index (χ2n) is 5.05. The SMILES string of the molecule is CCc1ccc(CC(N)c2ccc(C)c(OC)c2)nc1. The first-order chi connectivity index (χ1) is 9.63. The van der Waals surface area contributed by atoms with E-state index in [0.717, 1.165) is 35.4 Å². The van der Waals surface area contributed by atoms with Gasteiger partial charge in [0.25, 0.3) is 0 Å². The predicted octanol–water partition coefficient (Wildman–Crippen LogP) is 3.20. The normalized spacial score (nSPS) is 12.2. The lowest BCUT2D eigenvalue weighted by molar-refractivity contribution is 0.410. The van der Waals surface area contributed by atoms with Gasteiger partial charge in [-0.3, -0.25) is 4.98 Å². The lowest BCUT2D eigenvalue weighted by atomic mass is 10.0. The minimum Gasteiger partial charge on any atom is -0.496 e. The minimum atomic E-state index is -0.0653. The van der Waals surface area contributed by atoms with Gasteiger partial charge in [0.1, 0.15) is 5.75 Å². The van der Waals surface area contributed by atoms with Crippen LogP contribution in [0.5, 0.6) is 5.75 Å². The largest absolute Gasteiger partial charge is 0.496 e. The molecule has 0 amide bonds. The van der Waals surface area contributed by atoms with Crippen molar-refractivity contribution >= 4 is 0 Å². The van der Waals surface area contributed by atoms with Gasteiger partial charge < -0.3 is 10.5 Å². The molecule has 1 atom stereocenters. The molecule has 0 spiro atoms. The molecule has 0 radical (unpaired) electrons. The number of hydrogen-bond acceptors (Lipinski definition) is 3. The third kappa shape index (κ3) is 3.36. The molecule has 0 aliphatic heterocycles. The van der Waals surface area contributed by atoms with Crippen LogP contribution in [0, 0.1) is 6.92 Å². The van der Waals surface area contributed by atoms with Crippen LogP contribution in [-0.2, 0) is 12.8 Å². The molecular weight excluding hydrogens is 248 g/mol. The lowest BCUT2D eigenvalue weighted by Crippen LogP contribution is -2.14. The maximum absolute atomic E-state index is 6.28. The number of aromatic nitrogens is 1. The van der Waals surface area contributed by atoms with Crippen molar-refractivity contribution < 1.29 is 4.74 Å². The Hall–Kier alpha value is -1.87. The van der Waals surface area contributed by atoms with E-state index in [-0.39, 0.29) is 6.04 Å². The van der Waals surface area contributed by atoms with E-state index in [4.69, 9.17) is 10.5 Å². The summed E-state index contributed by atoms with van der Waals surface area (Å²) in [6, 6.07) is 10.2. The minimum absolute atomic E-state index is 0.0653. The molecule has 1 unspecified atom stereocenters. The third-order valence-electron chi connectivity index (χ3n) is 3.58. The van der Waals surface area contributed by atoms with Crippen LogP contribution in [0.25, 0.3) is 0 Å². The molecule has 2 N–H and O–H groups in total. The molecule has 1 aromatic heterocycles. The first-order valence-corrected chi connectivity index (χ1v) is 6.98. The summed E-state index contributed by atoms with van der Waals surface area (Å²) < 4.78 is 5.35. The molecule has 0 aliphatic rings. The predicted molar refractivity (Wildman–Crippen MR) is 82.0 cm³/mol. The average Bonchev–Trinajstić information content (AvgIpc) is 2.48. The van der Waals surface area contributed by atoms with Crippen LogP contribution < -0.4 is 10.5 Å². The van der Waals surface area contributed by atoms with Gasteiger partial charge in [0.15, 0.2) is 0 Å². The summed E-state index contributed by atoms with van der Waals surface area (Å²) in [4.78, 5) is 4.46. The highest BCUT2D eigenvalue weighted by atomic mass is 16.5. The van der Waals surface area contributed by atoms with Crippen molar-refractivity contribution in [3.63, 3.8) is 0 Å². The summed E-state index contributed by atoms with van der Waals surface area (Å²) in [5.74, 6) is 0.882. The molecule has 106 valence electrons. The highest BCUT2D eigenvalue weighted by molar-refractivity contribution is 5.38. The zero-order valence-corrected chi connectivity index (χ0v) is 12.4. The molecule has 0 saturated heterocycles. The zero-order chi connectivity index (χ0) is 14.5. The molecule has 0 fully saturated rings. The zero-order valence-electron chi connectivity index (χ0n) is 12.4. The quantitative estimate of drug-likeness (QED) is 0.907. The Morgan fingerprint density at radius 3 is 2.65 bits per heavy atom. The second-order valence-corrected chi connectivity index (χ2v) is 5.05. The van der Waals surface area contributed by atoms with Gasteiger partial charge in [-0.1, -0.05) is 25.1 Å². The van der Waals surface area contributed by atoms with E-state index in [1.807, 2.05) is 25.3 Å². The molecule has 3 heteroatoms. The molecule has 2 aromatic rings. The number of ether oxygens (including phenoxy) is 1. The van der Waals surface area contributed by atoms with Crippen molar-refractivity contribution in [3.05, 3.63) is 58.9 Å². The van der Waals surface area contributed by atoms with E-state index in [0.29, 0.717) is 0 Å². The van der Waals surface area contributed by atoms with Gasteiger partial charge in [0.05, 0.1) is 7.11 Å². The van der Waals surface area contributed by atoms with E-state index in [1.54, 1.807) is 7.11 Å². The third-order valence-corrected chi connectivity index (χ3v) is 3.58. The van der Waals surface area contributed by atoms with Crippen molar-refractivity contribution in [1.82, 2.24) is 4.98 Å². The van der Waals surface area contributed by atoms with Gasteiger partial charge in [-0.05, 0) is 42.2 Å². The number of nitrogens with zero attached hydrogens (tertiary/aromatic N) is 1. The van der Waals surface area contributed by atoms with E-state index in [2.05, 4.69) is 30.1 Å². The summed E-state index contributed by atoms with van der Waals surface area (Å²) in [5.41, 5.74) is 10.7. The van der Waals surface area contributed by atoms with Crippen LogP contribution in [0.2, 0.25) is 0 Å². The van der Waals surface area contributed by atoms with Crippen molar-refractivity contribution in [2.75, 3.05) is 7.11 Å². The standard InChI is InChI=1S/C17H22N2O/c1-4-13-6-8-15(19-11-13)10-16(18)14-7-5-12(2)17(9-14)20-3/h5-9,11,16H,4,10,18H2,1-3H3. The maximum Gasteiger partial charge on any atom is 0.122 e. The molecule has 3 nitrogen and oxygen atoms in total. The van der Waals surface area contributed by atoms with E-state index >= 15 is 0 Å². The summed E-state index contributed by atoms with van der Waals surface area (Å²) in [6.07, 6.45) is 3.67. The second kappa shape index (κ2) is 6.53. The van der Waals surface area contributed by atoms with Crippen LogP contribution in [0.4, 0.5) is 0 Å². The first kappa shape index (κ1) is 14.5. The monoisotopic (exact) mass is 270 g/mol. The smallest absolute Gasteiger partial charge is 0.122 e. The van der Waals surface area contributed by atoms with Gasteiger partial charge in [-0.2, -0.15) is 0 Å². The average molecular weight is 270 g/mol. The van der Waals surface area contributed by atoms with Crippen molar-refractivity contribution in [3.8, 4) is 5.75 Å². The Labute approximate surface area is 120 Å². The lowest BCUT2D eigenvalue weighted by Gasteiger charge is -2.14. The van der Waals surface area contributed by atoms with Crippen molar-refractivity contribution in [2.24, 2.45) is 5.73 Å². The number of hydrogen-bond donors (Lipinski definition) is 1. The summed E-state index contributed by atoms with van der Waals surface area (Å²) >= 11 is 0. The van der Waals surface area contributed by atoms with Crippen LogP contribution in [0.1, 0.15) is 35.3 Å². The number of pyridine rings is 1. The Morgan fingerprint density at radius 2 is 2.05 bits per heavy atom. The van der Waals surface area contributed by atoms with Gasteiger partial charge in [-0.25, -0.2) is 0 Å². The highest BCUT2D eigenvalue weighted by Gasteiger charge is 2.10. The van der Waals surface area contributed by atoms with Gasteiger partial charge in [0, 0.05) is 24.4 Å². The summed E-state index contributed by atoms with van der Waals surface area (Å²) in [6.45, 7) is 4.15. The number of rotatable bonds is 5. The maximum atomic E-state index is 6.28. The van der Waals surface area contributed by atoms with Gasteiger partial charge in [-0.15, -0.1) is 0 Å². The summed E-state index contributed by atoms with van der Waals surface area (Å²) in [7, 11) is 1.68. The van der Waals surface area contributed by atoms with Crippen molar-refractivity contribution in [1.29, 1.82) is 0 Å². The topological polar surface area (TPSA) is 48.1 Å². The molecule has 1 heterocycles. The molecular formula is C17H22N2O. The summed E-state index contributed by atoms with van der Waals surface area (Å²) in [5, 5.41) is 0. The Morgan fingerprint density at radius 1 is 1.25 bits per heavy atom. The molecule has 0 saturated carbocycles. The number of methoxy groups -OCH3 is 1. The number of aryl methyl sites for hydroxylation is 2. The Balaban J connectivity index is 2.12. The molecule has 1 aromatic carbocycles. The van der Waals surface area contributed by atoms with E-state index in [9.17, 15) is 0 Å². The van der Waals surface area contributed by atoms with E-state index < -0.39 is 0 Å². The fraction of sp³-hybridized carbons (Fsp3) is 0.353. The molecule has 2 rings (SSSR count). The van der Waals surface area contributed by atoms with Crippen molar-refractivity contribution in [2.45, 2.75) is 32.7 Å². The number of benzene rings is 1. The molecule has 0 bridgehead atoms. The van der Waals surface area contributed by atoms with Crippen LogP contribution in [-0.4, -0.2) is 12.1 Å². The van der Waals surface area contributed by atoms with Crippen LogP contribution >= 0.6 is 0 Å². The fourth-order valence-electron chi connectivity index (χ4n) is 2.20. The first-order valence-electron chi connectivity index (χ1n) is 6.98. The molecule has 20 heavy (non-hydrogen) atoms. The Bertz CT molecular complexity index is 564. The molecule has 0 aliphatic carbocycles. The van der Waals surface area contributed by atoms with Gasteiger partial charge in [0.2, 0.25) is 0 Å². The van der Waals surface area contributed by atoms with E-state index in [1.165, 1.54) is 5.56 Å². The van der Waals surface area contributed by atoms with Crippen LogP contribution in [0.15, 0.2) is 36.5 Å². The van der Waals surface area contributed by atoms with Gasteiger partial charge >= 0.3 is 0 Å². The Kier molecular flexibility index (Phi) is 4.74. The number of nitrogens with two attached hydrogens (primary N) is 1. The highest BCUT2D eigenvalue weighted by Crippen LogP contribution is 2.23. The van der Waals surface area contributed by atoms with Crippen LogP contribution in [0.3, 0.4) is 0 Å².